The van der Waals surface area contributed by atoms with Crippen LogP contribution in [0.3, 0.4) is 0 Å². The molecule has 0 bridgehead atoms. The van der Waals surface area contributed by atoms with Crippen LogP contribution in [0.15, 0.2) is 18.2 Å². The van der Waals surface area contributed by atoms with Crippen LogP contribution in [0.2, 0.25) is 0 Å². The third-order valence-electron chi connectivity index (χ3n) is 1.40. The quantitative estimate of drug-likeness (QED) is 0.695. The van der Waals surface area contributed by atoms with Crippen molar-refractivity contribution < 1.29 is 9.47 Å². The molecule has 3 heteroatoms. The molecule has 1 heterocycles. The highest BCUT2D eigenvalue weighted by atomic mass is 16.5. The molecule has 14 heavy (non-hydrogen) atoms. The van der Waals surface area contributed by atoms with Crippen LogP contribution in [0.4, 0.5) is 0 Å². The van der Waals surface area contributed by atoms with Gasteiger partial charge in [0.2, 0.25) is 5.88 Å². The molecular formula is C11H19NO2. The topological polar surface area (TPSA) is 31.4 Å². The van der Waals surface area contributed by atoms with E-state index in [1.54, 1.807) is 7.11 Å². The van der Waals surface area contributed by atoms with Gasteiger partial charge in [0, 0.05) is 18.9 Å². The highest BCUT2D eigenvalue weighted by molar-refractivity contribution is 5.14. The Hall–Kier alpha value is -1.09. The average molecular weight is 197 g/mol. The molecule has 1 aromatic rings. The van der Waals surface area contributed by atoms with Gasteiger partial charge in [-0.3, -0.25) is 0 Å². The monoisotopic (exact) mass is 197 g/mol. The molecule has 0 aromatic carbocycles. The van der Waals surface area contributed by atoms with E-state index < -0.39 is 0 Å². The van der Waals surface area contributed by atoms with Gasteiger partial charge in [-0.15, -0.1) is 0 Å². The maximum Gasteiger partial charge on any atom is 0.213 e. The zero-order valence-corrected chi connectivity index (χ0v) is 9.41. The Kier molecular flexibility index (Phi) is 7.84. The first-order valence-corrected chi connectivity index (χ1v) is 4.88. The second-order valence-electron chi connectivity index (χ2n) is 2.46. The fourth-order valence-electron chi connectivity index (χ4n) is 0.828. The molecule has 0 spiro atoms. The summed E-state index contributed by atoms with van der Waals surface area (Å²) in [5.74, 6) is 0.659. The molecule has 0 fully saturated rings. The van der Waals surface area contributed by atoms with Crippen molar-refractivity contribution in [3.63, 3.8) is 0 Å². The minimum atomic E-state index is 0.549. The molecule has 0 unspecified atom stereocenters. The highest BCUT2D eigenvalue weighted by Gasteiger charge is 1.93. The molecule has 0 aliphatic carbocycles. The van der Waals surface area contributed by atoms with Gasteiger partial charge in [-0.05, 0) is 13.0 Å². The zero-order valence-electron chi connectivity index (χ0n) is 9.41. The summed E-state index contributed by atoms with van der Waals surface area (Å²) in [6.07, 6.45) is 0. The molecule has 0 saturated carbocycles. The third kappa shape index (κ3) is 5.54. The molecule has 0 aliphatic heterocycles. The van der Waals surface area contributed by atoms with Crippen LogP contribution in [0, 0.1) is 6.92 Å². The maximum absolute atomic E-state index is 5.29. The van der Waals surface area contributed by atoms with E-state index >= 15 is 0 Å². The summed E-state index contributed by atoms with van der Waals surface area (Å²) in [4.78, 5) is 4.17. The highest BCUT2D eigenvalue weighted by Crippen LogP contribution is 2.05. The Morgan fingerprint density at radius 3 is 2.50 bits per heavy atom. The van der Waals surface area contributed by atoms with Gasteiger partial charge in [0.25, 0.3) is 0 Å². The Bertz CT molecular complexity index is 238. The van der Waals surface area contributed by atoms with Crippen LogP contribution in [0.5, 0.6) is 5.88 Å². The van der Waals surface area contributed by atoms with Gasteiger partial charge in [0.1, 0.15) is 6.61 Å². The maximum atomic E-state index is 5.29. The minimum absolute atomic E-state index is 0.549. The molecular weight excluding hydrogens is 178 g/mol. The molecule has 0 N–H and O–H groups in total. The molecule has 80 valence electrons. The number of hydrogen-bond acceptors (Lipinski definition) is 3. The van der Waals surface area contributed by atoms with E-state index in [9.17, 15) is 0 Å². The number of ether oxygens (including phenoxy) is 2. The number of pyridine rings is 1. The van der Waals surface area contributed by atoms with Crippen molar-refractivity contribution in [3.8, 4) is 5.88 Å². The SMILES string of the molecule is CC.COCCOc1cccc(C)n1. The van der Waals surface area contributed by atoms with Gasteiger partial charge in [0.05, 0.1) is 6.61 Å². The molecule has 0 saturated heterocycles. The van der Waals surface area contributed by atoms with Crippen LogP contribution in [0.1, 0.15) is 19.5 Å². The average Bonchev–Trinajstić information content (AvgIpc) is 2.21. The lowest BCUT2D eigenvalue weighted by Gasteiger charge is -2.03. The second-order valence-corrected chi connectivity index (χ2v) is 2.46. The molecule has 0 atom stereocenters. The fraction of sp³-hybridized carbons (Fsp3) is 0.545. The van der Waals surface area contributed by atoms with E-state index in [-0.39, 0.29) is 0 Å². The predicted octanol–water partition coefficient (Wildman–Crippen LogP) is 2.44. The Labute approximate surface area is 86.1 Å². The van der Waals surface area contributed by atoms with Gasteiger partial charge >= 0.3 is 0 Å². The Morgan fingerprint density at radius 1 is 1.21 bits per heavy atom. The van der Waals surface area contributed by atoms with Gasteiger partial charge in [-0.2, -0.15) is 0 Å². The summed E-state index contributed by atoms with van der Waals surface area (Å²) in [6.45, 7) is 7.08. The van der Waals surface area contributed by atoms with Crippen molar-refractivity contribution >= 4 is 0 Å². The predicted molar refractivity (Wildman–Crippen MR) is 57.7 cm³/mol. The van der Waals surface area contributed by atoms with Crippen molar-refractivity contribution in [2.45, 2.75) is 20.8 Å². The lowest BCUT2D eigenvalue weighted by atomic mass is 10.4. The van der Waals surface area contributed by atoms with E-state index in [0.29, 0.717) is 19.1 Å². The summed E-state index contributed by atoms with van der Waals surface area (Å²) < 4.78 is 10.1. The van der Waals surface area contributed by atoms with E-state index in [4.69, 9.17) is 9.47 Å². The van der Waals surface area contributed by atoms with Crippen molar-refractivity contribution in [1.29, 1.82) is 0 Å². The number of rotatable bonds is 4. The summed E-state index contributed by atoms with van der Waals surface area (Å²) in [5.41, 5.74) is 0.963. The molecule has 0 radical (unpaired) electrons. The van der Waals surface area contributed by atoms with Gasteiger partial charge in [-0.25, -0.2) is 4.98 Å². The van der Waals surface area contributed by atoms with Crippen molar-refractivity contribution in [1.82, 2.24) is 4.98 Å². The normalized spacial score (nSPS) is 8.86. The van der Waals surface area contributed by atoms with Crippen LogP contribution in [0.25, 0.3) is 0 Å². The largest absolute Gasteiger partial charge is 0.475 e. The third-order valence-corrected chi connectivity index (χ3v) is 1.40. The van der Waals surface area contributed by atoms with E-state index in [0.717, 1.165) is 5.69 Å². The molecule has 0 amide bonds. The van der Waals surface area contributed by atoms with E-state index in [2.05, 4.69) is 4.98 Å². The van der Waals surface area contributed by atoms with Crippen molar-refractivity contribution in [3.05, 3.63) is 23.9 Å². The van der Waals surface area contributed by atoms with Gasteiger partial charge in [-0.1, -0.05) is 19.9 Å². The van der Waals surface area contributed by atoms with E-state index in [1.807, 2.05) is 39.0 Å². The van der Waals surface area contributed by atoms with Gasteiger partial charge in [0.15, 0.2) is 0 Å². The fourth-order valence-corrected chi connectivity index (χ4v) is 0.828. The summed E-state index contributed by atoms with van der Waals surface area (Å²) in [5, 5.41) is 0. The number of nitrogens with zero attached hydrogens (tertiary/aromatic N) is 1. The number of aromatic nitrogens is 1. The first kappa shape index (κ1) is 12.9. The van der Waals surface area contributed by atoms with Crippen LogP contribution >= 0.6 is 0 Å². The van der Waals surface area contributed by atoms with Gasteiger partial charge < -0.3 is 9.47 Å². The molecule has 0 aliphatic rings. The first-order chi connectivity index (χ1) is 6.83. The number of aryl methyl sites for hydroxylation is 1. The van der Waals surface area contributed by atoms with Crippen molar-refractivity contribution in [2.75, 3.05) is 20.3 Å². The zero-order chi connectivity index (χ0) is 10.8. The lowest BCUT2D eigenvalue weighted by Crippen LogP contribution is -2.05. The second kappa shape index (κ2) is 8.51. The van der Waals surface area contributed by atoms with E-state index in [1.165, 1.54) is 0 Å². The van der Waals surface area contributed by atoms with Crippen molar-refractivity contribution in [2.24, 2.45) is 0 Å². The first-order valence-electron chi connectivity index (χ1n) is 4.88. The Morgan fingerprint density at radius 2 is 1.93 bits per heavy atom. The van der Waals surface area contributed by atoms with Crippen LogP contribution in [-0.2, 0) is 4.74 Å². The lowest BCUT2D eigenvalue weighted by molar-refractivity contribution is 0.143. The van der Waals surface area contributed by atoms with Crippen LogP contribution < -0.4 is 4.74 Å². The Balaban J connectivity index is 0.000000791. The minimum Gasteiger partial charge on any atom is -0.475 e. The summed E-state index contributed by atoms with van der Waals surface area (Å²) in [6, 6.07) is 5.69. The number of methoxy groups -OCH3 is 1. The summed E-state index contributed by atoms with van der Waals surface area (Å²) >= 11 is 0. The number of hydrogen-bond donors (Lipinski definition) is 0. The smallest absolute Gasteiger partial charge is 0.213 e. The molecule has 1 rings (SSSR count). The van der Waals surface area contributed by atoms with Crippen LogP contribution in [-0.4, -0.2) is 25.3 Å². The molecule has 3 nitrogen and oxygen atoms in total. The standard InChI is InChI=1S/C9H13NO2.C2H6/c1-8-4-3-5-9(10-8)12-7-6-11-2;1-2/h3-5H,6-7H2,1-2H3;1-2H3. The molecule has 1 aromatic heterocycles. The summed E-state index contributed by atoms with van der Waals surface area (Å²) in [7, 11) is 1.65.